The highest BCUT2D eigenvalue weighted by Crippen LogP contribution is 2.17. The number of hydrogen-bond acceptors (Lipinski definition) is 3. The molecule has 2 N–H and O–H groups in total. The summed E-state index contributed by atoms with van der Waals surface area (Å²) in [5.41, 5.74) is 5.36. The molecule has 0 spiro atoms. The summed E-state index contributed by atoms with van der Waals surface area (Å²) < 4.78 is 10.8. The summed E-state index contributed by atoms with van der Waals surface area (Å²) in [5.74, 6) is 0. The zero-order valence-corrected chi connectivity index (χ0v) is 8.59. The molecule has 0 radical (unpaired) electrons. The van der Waals surface area contributed by atoms with Crippen LogP contribution in [0.15, 0.2) is 0 Å². The van der Waals surface area contributed by atoms with Crippen LogP contribution in [-0.2, 0) is 9.47 Å². The second-order valence-electron chi connectivity index (χ2n) is 3.34. The largest absolute Gasteiger partial charge is 0.382 e. The van der Waals surface area contributed by atoms with Gasteiger partial charge in [-0.2, -0.15) is 0 Å². The van der Waals surface area contributed by atoms with E-state index in [9.17, 15) is 0 Å². The Labute approximate surface area is 75.2 Å². The fourth-order valence-electron chi connectivity index (χ4n) is 1.23. The first-order valence-electron chi connectivity index (χ1n) is 4.47. The van der Waals surface area contributed by atoms with Crippen LogP contribution in [0.25, 0.3) is 0 Å². The summed E-state index contributed by atoms with van der Waals surface area (Å²) in [6.45, 7) is 7.16. The van der Waals surface area contributed by atoms with Crippen LogP contribution in [0.4, 0.5) is 0 Å². The molecule has 0 saturated heterocycles. The van der Waals surface area contributed by atoms with Gasteiger partial charge in [-0.1, -0.05) is 6.92 Å². The molecule has 0 aromatic heterocycles. The lowest BCUT2D eigenvalue weighted by atomic mass is 10.0. The smallest absolute Gasteiger partial charge is 0.104 e. The molecule has 12 heavy (non-hydrogen) atoms. The molecule has 3 heteroatoms. The van der Waals surface area contributed by atoms with E-state index in [1.54, 1.807) is 7.11 Å². The topological polar surface area (TPSA) is 44.5 Å². The van der Waals surface area contributed by atoms with E-state index < -0.39 is 0 Å². The Morgan fingerprint density at radius 2 is 2.00 bits per heavy atom. The summed E-state index contributed by atoms with van der Waals surface area (Å²) in [4.78, 5) is 0. The maximum atomic E-state index is 5.73. The fraction of sp³-hybridized carbons (Fsp3) is 1.00. The quantitative estimate of drug-likeness (QED) is 0.659. The van der Waals surface area contributed by atoms with Crippen molar-refractivity contribution in [1.82, 2.24) is 0 Å². The Hall–Kier alpha value is -0.120. The molecule has 0 aromatic rings. The van der Waals surface area contributed by atoms with Crippen LogP contribution in [0.3, 0.4) is 0 Å². The van der Waals surface area contributed by atoms with Crippen LogP contribution < -0.4 is 5.73 Å². The first-order valence-corrected chi connectivity index (χ1v) is 4.47. The van der Waals surface area contributed by atoms with Crippen LogP contribution in [-0.4, -0.2) is 32.0 Å². The molecule has 0 saturated carbocycles. The van der Waals surface area contributed by atoms with E-state index in [4.69, 9.17) is 15.2 Å². The average molecular weight is 175 g/mol. The number of nitrogens with two attached hydrogens (primary N) is 1. The predicted octanol–water partition coefficient (Wildman–Crippen LogP) is 1.17. The van der Waals surface area contributed by atoms with Gasteiger partial charge in [0, 0.05) is 13.7 Å². The third-order valence-corrected chi connectivity index (χ3v) is 1.91. The molecule has 0 rings (SSSR count). The highest BCUT2D eigenvalue weighted by molar-refractivity contribution is 4.80. The van der Waals surface area contributed by atoms with E-state index in [0.29, 0.717) is 13.2 Å². The van der Waals surface area contributed by atoms with Crippen molar-refractivity contribution in [1.29, 1.82) is 0 Å². The van der Waals surface area contributed by atoms with Gasteiger partial charge < -0.3 is 15.2 Å². The van der Waals surface area contributed by atoms with Crippen LogP contribution in [0.5, 0.6) is 0 Å². The third kappa shape index (κ3) is 3.52. The first kappa shape index (κ1) is 11.9. The number of methoxy groups -OCH3 is 1. The Kier molecular flexibility index (Phi) is 5.46. The monoisotopic (exact) mass is 175 g/mol. The van der Waals surface area contributed by atoms with Crippen LogP contribution in [0, 0.1) is 0 Å². The minimum Gasteiger partial charge on any atom is -0.382 e. The van der Waals surface area contributed by atoms with Gasteiger partial charge in [0.2, 0.25) is 0 Å². The van der Waals surface area contributed by atoms with Gasteiger partial charge in [-0.3, -0.25) is 0 Å². The van der Waals surface area contributed by atoms with Crippen LogP contribution in [0.2, 0.25) is 0 Å². The van der Waals surface area contributed by atoms with E-state index in [0.717, 1.165) is 6.42 Å². The van der Waals surface area contributed by atoms with Crippen molar-refractivity contribution >= 4 is 0 Å². The minimum atomic E-state index is -0.289. The molecular weight excluding hydrogens is 154 g/mol. The summed E-state index contributed by atoms with van der Waals surface area (Å²) in [6.07, 6.45) is 1.08. The maximum Gasteiger partial charge on any atom is 0.104 e. The lowest BCUT2D eigenvalue weighted by molar-refractivity contribution is -0.112. The SMILES string of the molecule is CCC(CN)(COC)OC(C)C. The number of ether oxygens (including phenoxy) is 2. The van der Waals surface area contributed by atoms with Gasteiger partial charge >= 0.3 is 0 Å². The lowest BCUT2D eigenvalue weighted by Crippen LogP contribution is -2.46. The second-order valence-corrected chi connectivity index (χ2v) is 3.34. The predicted molar refractivity (Wildman–Crippen MR) is 50.2 cm³/mol. The molecule has 74 valence electrons. The van der Waals surface area contributed by atoms with Crippen molar-refractivity contribution in [2.75, 3.05) is 20.3 Å². The fourth-order valence-corrected chi connectivity index (χ4v) is 1.23. The first-order chi connectivity index (χ1) is 5.60. The summed E-state index contributed by atoms with van der Waals surface area (Å²) >= 11 is 0. The van der Waals surface area contributed by atoms with Crippen molar-refractivity contribution < 1.29 is 9.47 Å². The molecule has 0 bridgehead atoms. The molecule has 0 aliphatic rings. The van der Waals surface area contributed by atoms with Crippen molar-refractivity contribution in [3.05, 3.63) is 0 Å². The van der Waals surface area contributed by atoms with Crippen molar-refractivity contribution in [2.45, 2.75) is 38.9 Å². The van der Waals surface area contributed by atoms with E-state index in [1.807, 2.05) is 13.8 Å². The normalized spacial score (nSPS) is 16.5. The highest BCUT2D eigenvalue weighted by Gasteiger charge is 2.28. The van der Waals surface area contributed by atoms with Gasteiger partial charge in [0.25, 0.3) is 0 Å². The zero-order chi connectivity index (χ0) is 9.61. The van der Waals surface area contributed by atoms with Gasteiger partial charge in [-0.05, 0) is 20.3 Å². The van der Waals surface area contributed by atoms with Gasteiger partial charge in [0.15, 0.2) is 0 Å². The van der Waals surface area contributed by atoms with Crippen molar-refractivity contribution in [3.63, 3.8) is 0 Å². The Morgan fingerprint density at radius 1 is 1.42 bits per heavy atom. The Bertz CT molecular complexity index is 111. The molecule has 0 aromatic carbocycles. The zero-order valence-electron chi connectivity index (χ0n) is 8.59. The standard InChI is InChI=1S/C9H21NO2/c1-5-9(6-10,7-11-4)12-8(2)3/h8H,5-7,10H2,1-4H3. The molecule has 3 nitrogen and oxygen atoms in total. The van der Waals surface area contributed by atoms with E-state index >= 15 is 0 Å². The van der Waals surface area contributed by atoms with E-state index in [2.05, 4.69) is 6.92 Å². The molecule has 0 aliphatic heterocycles. The molecule has 0 aliphatic carbocycles. The Morgan fingerprint density at radius 3 is 2.25 bits per heavy atom. The second kappa shape index (κ2) is 5.51. The Balaban J connectivity index is 4.13. The molecule has 0 fully saturated rings. The van der Waals surface area contributed by atoms with Gasteiger partial charge in [0.05, 0.1) is 12.7 Å². The van der Waals surface area contributed by atoms with Crippen LogP contribution in [0.1, 0.15) is 27.2 Å². The molecule has 0 heterocycles. The van der Waals surface area contributed by atoms with Crippen LogP contribution >= 0.6 is 0 Å². The third-order valence-electron chi connectivity index (χ3n) is 1.91. The summed E-state index contributed by atoms with van der Waals surface area (Å²) in [5, 5.41) is 0. The van der Waals surface area contributed by atoms with Gasteiger partial charge in [0.1, 0.15) is 5.60 Å². The van der Waals surface area contributed by atoms with Gasteiger partial charge in [-0.25, -0.2) is 0 Å². The van der Waals surface area contributed by atoms with E-state index in [-0.39, 0.29) is 11.7 Å². The molecule has 0 amide bonds. The van der Waals surface area contributed by atoms with Crippen molar-refractivity contribution in [2.24, 2.45) is 5.73 Å². The number of hydrogen-bond donors (Lipinski definition) is 1. The molecule has 1 atom stereocenters. The summed E-state index contributed by atoms with van der Waals surface area (Å²) in [7, 11) is 1.67. The minimum absolute atomic E-state index is 0.198. The molecular formula is C9H21NO2. The molecule has 1 unspecified atom stereocenters. The lowest BCUT2D eigenvalue weighted by Gasteiger charge is -2.32. The average Bonchev–Trinajstić information content (AvgIpc) is 2.03. The van der Waals surface area contributed by atoms with E-state index in [1.165, 1.54) is 0 Å². The number of rotatable bonds is 6. The van der Waals surface area contributed by atoms with Crippen molar-refractivity contribution in [3.8, 4) is 0 Å². The highest BCUT2D eigenvalue weighted by atomic mass is 16.5. The van der Waals surface area contributed by atoms with Gasteiger partial charge in [-0.15, -0.1) is 0 Å². The summed E-state index contributed by atoms with van der Waals surface area (Å²) in [6, 6.07) is 0. The maximum absolute atomic E-state index is 5.73.